The van der Waals surface area contributed by atoms with Crippen molar-refractivity contribution in [2.24, 2.45) is 5.92 Å². The minimum atomic E-state index is -0.245. The van der Waals surface area contributed by atoms with Crippen molar-refractivity contribution >= 4 is 11.8 Å². The lowest BCUT2D eigenvalue weighted by molar-refractivity contribution is -0.169. The van der Waals surface area contributed by atoms with Gasteiger partial charge in [0.2, 0.25) is 11.8 Å². The number of hydrogen-bond acceptors (Lipinski definition) is 5. The van der Waals surface area contributed by atoms with Gasteiger partial charge < -0.3 is 24.4 Å². The molecule has 0 unspecified atom stereocenters. The molecule has 0 aromatic heterocycles. The van der Waals surface area contributed by atoms with E-state index in [1.54, 1.807) is 16.9 Å². The van der Waals surface area contributed by atoms with Crippen molar-refractivity contribution in [3.05, 3.63) is 54.1 Å². The normalized spacial score (nSPS) is 25.4. The maximum absolute atomic E-state index is 13.1. The highest BCUT2D eigenvalue weighted by Gasteiger charge is 2.54. The summed E-state index contributed by atoms with van der Waals surface area (Å²) >= 11 is 0. The van der Waals surface area contributed by atoms with Crippen LogP contribution in [0.15, 0.2) is 48.5 Å². The van der Waals surface area contributed by atoms with Crippen molar-refractivity contribution in [2.75, 3.05) is 40.0 Å². The van der Waals surface area contributed by atoms with Gasteiger partial charge in [-0.1, -0.05) is 36.4 Å². The first-order chi connectivity index (χ1) is 16.1. The second-order valence-corrected chi connectivity index (χ2v) is 9.10. The Bertz CT molecular complexity index is 1020. The Labute approximate surface area is 193 Å². The van der Waals surface area contributed by atoms with Gasteiger partial charge in [0.15, 0.2) is 0 Å². The number of benzene rings is 2. The lowest BCUT2D eigenvalue weighted by Crippen LogP contribution is -2.73. The molecule has 0 bridgehead atoms. The van der Waals surface area contributed by atoms with Crippen LogP contribution in [0.4, 0.5) is 0 Å². The Hall–Kier alpha value is -2.90. The molecule has 7 nitrogen and oxygen atoms in total. The largest absolute Gasteiger partial charge is 0.497 e. The van der Waals surface area contributed by atoms with E-state index in [0.29, 0.717) is 32.6 Å². The van der Waals surface area contributed by atoms with Crippen molar-refractivity contribution < 1.29 is 24.2 Å². The SMILES string of the molecule is COc1cccc(-c2ccc([C@H]3[C@H]4CN(C(=O)C5CCOCC5)CC(=O)N4[C@H]3CO)cc2)c1. The molecule has 33 heavy (non-hydrogen) atoms. The number of rotatable bonds is 5. The summed E-state index contributed by atoms with van der Waals surface area (Å²) in [6, 6.07) is 15.8. The predicted molar refractivity (Wildman–Crippen MR) is 123 cm³/mol. The number of carbonyl (C=O) groups excluding carboxylic acids is 2. The van der Waals surface area contributed by atoms with Crippen LogP contribution in [0.3, 0.4) is 0 Å². The Morgan fingerprint density at radius 1 is 1.12 bits per heavy atom. The Balaban J connectivity index is 1.35. The van der Waals surface area contributed by atoms with Crippen LogP contribution in [0.5, 0.6) is 5.75 Å². The minimum absolute atomic E-state index is 0.00333. The van der Waals surface area contributed by atoms with Crippen molar-refractivity contribution in [3.63, 3.8) is 0 Å². The summed E-state index contributed by atoms with van der Waals surface area (Å²) in [4.78, 5) is 29.5. The third kappa shape index (κ3) is 4.00. The molecule has 0 saturated carbocycles. The van der Waals surface area contributed by atoms with E-state index in [2.05, 4.69) is 24.3 Å². The van der Waals surface area contributed by atoms with Crippen LogP contribution < -0.4 is 4.74 Å². The molecule has 2 amide bonds. The zero-order valence-electron chi connectivity index (χ0n) is 18.9. The fraction of sp³-hybridized carbons (Fsp3) is 0.462. The van der Waals surface area contributed by atoms with Crippen molar-refractivity contribution in [1.29, 1.82) is 0 Å². The number of piperazine rings is 1. The Morgan fingerprint density at radius 3 is 2.58 bits per heavy atom. The number of fused-ring (bicyclic) bond motifs is 1. The molecule has 3 fully saturated rings. The molecule has 174 valence electrons. The maximum Gasteiger partial charge on any atom is 0.242 e. The molecule has 2 aromatic rings. The van der Waals surface area contributed by atoms with Crippen LogP contribution in [0.2, 0.25) is 0 Å². The fourth-order valence-corrected chi connectivity index (χ4v) is 5.57. The molecule has 0 aliphatic carbocycles. The van der Waals surface area contributed by atoms with Crippen LogP contribution in [0, 0.1) is 5.92 Å². The average molecular weight is 451 g/mol. The molecule has 0 spiro atoms. The number of aliphatic hydroxyl groups excluding tert-OH is 1. The number of hydrogen-bond donors (Lipinski definition) is 1. The van der Waals surface area contributed by atoms with Crippen LogP contribution in [0.25, 0.3) is 11.1 Å². The molecule has 3 aliphatic heterocycles. The second-order valence-electron chi connectivity index (χ2n) is 9.10. The highest BCUT2D eigenvalue weighted by molar-refractivity contribution is 5.88. The quantitative estimate of drug-likeness (QED) is 0.756. The average Bonchev–Trinajstić information content (AvgIpc) is 2.85. The summed E-state index contributed by atoms with van der Waals surface area (Å²) in [5.41, 5.74) is 3.22. The molecule has 7 heteroatoms. The molecular weight excluding hydrogens is 420 g/mol. The van der Waals surface area contributed by atoms with Gasteiger partial charge in [0.25, 0.3) is 0 Å². The molecule has 3 saturated heterocycles. The molecule has 1 N–H and O–H groups in total. The van der Waals surface area contributed by atoms with Crippen LogP contribution in [0.1, 0.15) is 24.3 Å². The van der Waals surface area contributed by atoms with E-state index in [-0.39, 0.29) is 48.9 Å². The maximum atomic E-state index is 13.1. The van der Waals surface area contributed by atoms with Gasteiger partial charge in [-0.15, -0.1) is 0 Å². The highest BCUT2D eigenvalue weighted by atomic mass is 16.5. The summed E-state index contributed by atoms with van der Waals surface area (Å²) in [5, 5.41) is 10.0. The lowest BCUT2D eigenvalue weighted by atomic mass is 9.73. The number of methoxy groups -OCH3 is 1. The van der Waals surface area contributed by atoms with Crippen molar-refractivity contribution in [1.82, 2.24) is 9.80 Å². The standard InChI is InChI=1S/C26H30N2O5/c1-32-21-4-2-3-20(13-21)17-5-7-18(8-6-17)25-22-14-27(15-24(30)28(22)23(25)16-29)26(31)19-9-11-33-12-10-19/h2-8,13,19,22-23,25,29H,9-12,14-16H2,1H3/t22-,23+,25+/m1/s1. The van der Waals surface area contributed by atoms with E-state index in [0.717, 1.165) is 22.4 Å². The number of ether oxygens (including phenoxy) is 2. The van der Waals surface area contributed by atoms with Gasteiger partial charge in [-0.25, -0.2) is 0 Å². The Morgan fingerprint density at radius 2 is 1.88 bits per heavy atom. The first kappa shape index (κ1) is 21.9. The van der Waals surface area contributed by atoms with E-state index in [4.69, 9.17) is 9.47 Å². The first-order valence-corrected chi connectivity index (χ1v) is 11.6. The van der Waals surface area contributed by atoms with E-state index >= 15 is 0 Å². The predicted octanol–water partition coefficient (Wildman–Crippen LogP) is 2.29. The van der Waals surface area contributed by atoms with Crippen LogP contribution in [-0.2, 0) is 14.3 Å². The molecular formula is C26H30N2O5. The van der Waals surface area contributed by atoms with E-state index < -0.39 is 0 Å². The summed E-state index contributed by atoms with van der Waals surface area (Å²) in [7, 11) is 1.65. The summed E-state index contributed by atoms with van der Waals surface area (Å²) in [6.07, 6.45) is 1.43. The van der Waals surface area contributed by atoms with Gasteiger partial charge in [0, 0.05) is 31.6 Å². The first-order valence-electron chi connectivity index (χ1n) is 11.6. The van der Waals surface area contributed by atoms with Gasteiger partial charge in [0.05, 0.1) is 32.3 Å². The number of amides is 2. The second kappa shape index (κ2) is 9.15. The lowest BCUT2D eigenvalue weighted by Gasteiger charge is -2.59. The summed E-state index contributed by atoms with van der Waals surface area (Å²) in [6.45, 7) is 1.73. The topological polar surface area (TPSA) is 79.3 Å². The van der Waals surface area contributed by atoms with E-state index in [1.165, 1.54) is 0 Å². The van der Waals surface area contributed by atoms with Crippen molar-refractivity contribution in [2.45, 2.75) is 30.8 Å². The Kier molecular flexibility index (Phi) is 6.08. The van der Waals surface area contributed by atoms with Crippen LogP contribution >= 0.6 is 0 Å². The van der Waals surface area contributed by atoms with Crippen LogP contribution in [-0.4, -0.2) is 78.8 Å². The number of aliphatic hydroxyl groups is 1. The molecule has 3 heterocycles. The minimum Gasteiger partial charge on any atom is -0.497 e. The van der Waals surface area contributed by atoms with E-state index in [9.17, 15) is 14.7 Å². The van der Waals surface area contributed by atoms with Gasteiger partial charge in [-0.05, 0) is 41.7 Å². The molecule has 0 radical (unpaired) electrons. The molecule has 3 aliphatic rings. The molecule has 5 rings (SSSR count). The zero-order chi connectivity index (χ0) is 22.9. The monoisotopic (exact) mass is 450 g/mol. The number of carbonyl (C=O) groups is 2. The third-order valence-electron chi connectivity index (χ3n) is 7.33. The zero-order valence-corrected chi connectivity index (χ0v) is 18.9. The highest BCUT2D eigenvalue weighted by Crippen LogP contribution is 2.43. The molecule has 3 atom stereocenters. The van der Waals surface area contributed by atoms with Crippen molar-refractivity contribution in [3.8, 4) is 16.9 Å². The van der Waals surface area contributed by atoms with Gasteiger partial charge in [0.1, 0.15) is 5.75 Å². The molecule has 2 aromatic carbocycles. The van der Waals surface area contributed by atoms with E-state index in [1.807, 2.05) is 24.3 Å². The van der Waals surface area contributed by atoms with Gasteiger partial charge in [-0.3, -0.25) is 9.59 Å². The fourth-order valence-electron chi connectivity index (χ4n) is 5.57. The van der Waals surface area contributed by atoms with Gasteiger partial charge >= 0.3 is 0 Å². The van der Waals surface area contributed by atoms with Gasteiger partial charge in [-0.2, -0.15) is 0 Å². The summed E-state index contributed by atoms with van der Waals surface area (Å²) in [5.74, 6) is 0.735. The summed E-state index contributed by atoms with van der Waals surface area (Å²) < 4.78 is 10.7. The number of nitrogens with zero attached hydrogens (tertiary/aromatic N) is 2. The smallest absolute Gasteiger partial charge is 0.242 e. The third-order valence-corrected chi connectivity index (χ3v) is 7.33.